The number of carboxylic acid groups (broad SMARTS) is 1. The summed E-state index contributed by atoms with van der Waals surface area (Å²) in [5.74, 6) is -0.895. The number of hydrogen-bond donors (Lipinski definition) is 2. The second-order valence-corrected chi connectivity index (χ2v) is 4.41. The molecule has 3 N–H and O–H groups in total. The summed E-state index contributed by atoms with van der Waals surface area (Å²) in [7, 11) is 0. The number of nitrogen functional groups attached to an aromatic ring is 1. The highest BCUT2D eigenvalue weighted by Crippen LogP contribution is 2.26. The number of carbonyl (C=O) groups is 1. The van der Waals surface area contributed by atoms with Crippen LogP contribution in [0.25, 0.3) is 11.1 Å². The van der Waals surface area contributed by atoms with E-state index in [0.717, 1.165) is 27.9 Å². The molecule has 18 heavy (non-hydrogen) atoms. The van der Waals surface area contributed by atoms with Crippen LogP contribution in [-0.4, -0.2) is 11.1 Å². The maximum absolute atomic E-state index is 11.0. The van der Waals surface area contributed by atoms with E-state index >= 15 is 0 Å². The topological polar surface area (TPSA) is 63.3 Å². The van der Waals surface area contributed by atoms with Crippen molar-refractivity contribution in [3.63, 3.8) is 0 Å². The number of rotatable bonds is 2. The van der Waals surface area contributed by atoms with Gasteiger partial charge >= 0.3 is 5.97 Å². The quantitative estimate of drug-likeness (QED) is 0.793. The molecule has 0 spiro atoms. The molecule has 0 aliphatic carbocycles. The zero-order chi connectivity index (χ0) is 13.3. The number of anilines is 1. The van der Waals surface area contributed by atoms with Crippen LogP contribution < -0.4 is 5.73 Å². The molecule has 2 rings (SSSR count). The lowest BCUT2D eigenvalue weighted by Crippen LogP contribution is -1.99. The number of hydrogen-bond acceptors (Lipinski definition) is 2. The molecule has 0 aromatic heterocycles. The van der Waals surface area contributed by atoms with Gasteiger partial charge in [0.25, 0.3) is 0 Å². The third kappa shape index (κ3) is 2.20. The molecule has 3 nitrogen and oxygen atoms in total. The molecule has 0 saturated carbocycles. The lowest BCUT2D eigenvalue weighted by molar-refractivity contribution is 0.0696. The van der Waals surface area contributed by atoms with Gasteiger partial charge in [-0.15, -0.1) is 0 Å². The second-order valence-electron chi connectivity index (χ2n) is 4.41. The van der Waals surface area contributed by atoms with Crippen molar-refractivity contribution in [2.24, 2.45) is 0 Å². The van der Waals surface area contributed by atoms with Crippen LogP contribution in [0.3, 0.4) is 0 Å². The fraction of sp³-hybridized carbons (Fsp3) is 0.133. The van der Waals surface area contributed by atoms with Crippen molar-refractivity contribution in [1.29, 1.82) is 0 Å². The lowest BCUT2D eigenvalue weighted by atomic mass is 9.96. The van der Waals surface area contributed by atoms with Crippen LogP contribution in [0.1, 0.15) is 21.5 Å². The summed E-state index contributed by atoms with van der Waals surface area (Å²) < 4.78 is 0. The molecule has 0 radical (unpaired) electrons. The van der Waals surface area contributed by atoms with Crippen LogP contribution >= 0.6 is 0 Å². The van der Waals surface area contributed by atoms with Crippen LogP contribution in [0.2, 0.25) is 0 Å². The second kappa shape index (κ2) is 4.53. The number of nitrogens with two attached hydrogens (primary N) is 1. The molecule has 0 aliphatic rings. The lowest BCUT2D eigenvalue weighted by Gasteiger charge is -2.09. The van der Waals surface area contributed by atoms with E-state index in [-0.39, 0.29) is 0 Å². The van der Waals surface area contributed by atoms with E-state index < -0.39 is 5.97 Å². The zero-order valence-electron chi connectivity index (χ0n) is 10.4. The van der Waals surface area contributed by atoms with Gasteiger partial charge in [-0.3, -0.25) is 0 Å². The molecule has 0 unspecified atom stereocenters. The van der Waals surface area contributed by atoms with Crippen molar-refractivity contribution in [3.05, 3.63) is 53.1 Å². The Bertz CT molecular complexity index is 618. The Kier molecular flexibility index (Phi) is 3.06. The van der Waals surface area contributed by atoms with Crippen molar-refractivity contribution in [2.75, 3.05) is 5.73 Å². The normalized spacial score (nSPS) is 10.3. The van der Waals surface area contributed by atoms with Crippen molar-refractivity contribution >= 4 is 11.7 Å². The average molecular weight is 241 g/mol. The summed E-state index contributed by atoms with van der Waals surface area (Å²) in [4.78, 5) is 11.0. The van der Waals surface area contributed by atoms with Crippen LogP contribution in [0.4, 0.5) is 5.69 Å². The van der Waals surface area contributed by atoms with Crippen LogP contribution in [0.5, 0.6) is 0 Å². The van der Waals surface area contributed by atoms with Gasteiger partial charge in [0, 0.05) is 5.69 Å². The van der Waals surface area contributed by atoms with Gasteiger partial charge in [0.2, 0.25) is 0 Å². The molecule has 0 fully saturated rings. The third-order valence-electron chi connectivity index (χ3n) is 3.02. The number of carboxylic acids is 1. The van der Waals surface area contributed by atoms with Gasteiger partial charge < -0.3 is 10.8 Å². The molecule has 0 amide bonds. The molecule has 0 heterocycles. The molecular weight excluding hydrogens is 226 g/mol. The summed E-state index contributed by atoms with van der Waals surface area (Å²) in [6.45, 7) is 3.80. The SMILES string of the molecule is Cc1cc(-c2ccc(N)cc2C)ccc1C(=O)O. The smallest absolute Gasteiger partial charge is 0.335 e. The van der Waals surface area contributed by atoms with Gasteiger partial charge in [-0.25, -0.2) is 4.79 Å². The van der Waals surface area contributed by atoms with E-state index in [1.807, 2.05) is 37.3 Å². The van der Waals surface area contributed by atoms with Crippen molar-refractivity contribution in [3.8, 4) is 11.1 Å². The van der Waals surface area contributed by atoms with E-state index in [4.69, 9.17) is 10.8 Å². The maximum Gasteiger partial charge on any atom is 0.335 e. The Morgan fingerprint density at radius 1 is 1.06 bits per heavy atom. The minimum atomic E-state index is -0.895. The minimum absolute atomic E-state index is 0.340. The average Bonchev–Trinajstić information content (AvgIpc) is 2.28. The van der Waals surface area contributed by atoms with Crippen LogP contribution in [0, 0.1) is 13.8 Å². The number of aromatic carboxylic acids is 1. The Morgan fingerprint density at radius 2 is 1.78 bits per heavy atom. The molecule has 92 valence electrons. The van der Waals surface area contributed by atoms with Gasteiger partial charge in [0.1, 0.15) is 0 Å². The highest BCUT2D eigenvalue weighted by molar-refractivity contribution is 5.90. The Morgan fingerprint density at radius 3 is 2.33 bits per heavy atom. The Hall–Kier alpha value is -2.29. The van der Waals surface area contributed by atoms with Gasteiger partial charge in [-0.2, -0.15) is 0 Å². The van der Waals surface area contributed by atoms with E-state index in [1.165, 1.54) is 0 Å². The third-order valence-corrected chi connectivity index (χ3v) is 3.02. The Labute approximate surface area is 106 Å². The summed E-state index contributed by atoms with van der Waals surface area (Å²) >= 11 is 0. The van der Waals surface area contributed by atoms with E-state index in [0.29, 0.717) is 5.56 Å². The first kappa shape index (κ1) is 12.2. The number of aryl methyl sites for hydroxylation is 2. The van der Waals surface area contributed by atoms with Crippen molar-refractivity contribution in [2.45, 2.75) is 13.8 Å². The van der Waals surface area contributed by atoms with Gasteiger partial charge in [0.05, 0.1) is 5.56 Å². The van der Waals surface area contributed by atoms with Crippen LogP contribution in [0.15, 0.2) is 36.4 Å². The first-order chi connectivity index (χ1) is 8.49. The molecule has 0 atom stereocenters. The largest absolute Gasteiger partial charge is 0.478 e. The monoisotopic (exact) mass is 241 g/mol. The molecular formula is C15H15NO2. The molecule has 2 aromatic carbocycles. The van der Waals surface area contributed by atoms with Gasteiger partial charge in [-0.05, 0) is 54.3 Å². The molecule has 3 heteroatoms. The highest BCUT2D eigenvalue weighted by Gasteiger charge is 2.09. The molecule has 2 aromatic rings. The minimum Gasteiger partial charge on any atom is -0.478 e. The van der Waals surface area contributed by atoms with Gasteiger partial charge in [-0.1, -0.05) is 18.2 Å². The van der Waals surface area contributed by atoms with Crippen molar-refractivity contribution in [1.82, 2.24) is 0 Å². The standard InChI is InChI=1S/C15H15NO2/c1-9-7-11(3-5-14(9)15(17)18)13-6-4-12(16)8-10(13)2/h3-8H,16H2,1-2H3,(H,17,18). The van der Waals surface area contributed by atoms with Crippen molar-refractivity contribution < 1.29 is 9.90 Å². The number of benzene rings is 2. The first-order valence-corrected chi connectivity index (χ1v) is 5.69. The van der Waals surface area contributed by atoms with E-state index in [9.17, 15) is 4.79 Å². The molecule has 0 aliphatic heterocycles. The summed E-state index contributed by atoms with van der Waals surface area (Å²) in [6, 6.07) is 11.1. The molecule has 0 saturated heterocycles. The maximum atomic E-state index is 11.0. The first-order valence-electron chi connectivity index (χ1n) is 5.69. The van der Waals surface area contributed by atoms with E-state index in [2.05, 4.69) is 0 Å². The predicted molar refractivity (Wildman–Crippen MR) is 72.7 cm³/mol. The zero-order valence-corrected chi connectivity index (χ0v) is 10.4. The fourth-order valence-corrected chi connectivity index (χ4v) is 2.08. The summed E-state index contributed by atoms with van der Waals surface area (Å²) in [6.07, 6.45) is 0. The summed E-state index contributed by atoms with van der Waals surface area (Å²) in [5.41, 5.74) is 10.7. The fourth-order valence-electron chi connectivity index (χ4n) is 2.08. The van der Waals surface area contributed by atoms with E-state index in [1.54, 1.807) is 13.0 Å². The predicted octanol–water partition coefficient (Wildman–Crippen LogP) is 3.25. The summed E-state index contributed by atoms with van der Waals surface area (Å²) in [5, 5.41) is 9.00. The van der Waals surface area contributed by atoms with Crippen LogP contribution in [-0.2, 0) is 0 Å². The Balaban J connectivity index is 2.52. The van der Waals surface area contributed by atoms with Gasteiger partial charge in [0.15, 0.2) is 0 Å². The highest BCUT2D eigenvalue weighted by atomic mass is 16.4. The molecule has 0 bridgehead atoms.